The van der Waals surface area contributed by atoms with Gasteiger partial charge in [0.1, 0.15) is 5.75 Å². The summed E-state index contributed by atoms with van der Waals surface area (Å²) in [5.41, 5.74) is -0.414. The van der Waals surface area contributed by atoms with Crippen molar-refractivity contribution in [3.05, 3.63) is 91.4 Å². The second-order valence-electron chi connectivity index (χ2n) is 6.12. The highest BCUT2D eigenvalue weighted by molar-refractivity contribution is 7.87. The van der Waals surface area contributed by atoms with Gasteiger partial charge in [0.15, 0.2) is 10.5 Å². The Balaban J connectivity index is 2.61. The van der Waals surface area contributed by atoms with E-state index in [1.807, 2.05) is 0 Å². The van der Waals surface area contributed by atoms with Crippen LogP contribution in [0.5, 0.6) is 11.5 Å². The number of halogens is 4. The maximum absolute atomic E-state index is 12.9. The summed E-state index contributed by atoms with van der Waals surface area (Å²) in [6, 6.07) is 11.7. The van der Waals surface area contributed by atoms with Crippen LogP contribution in [0.25, 0.3) is 0 Å². The van der Waals surface area contributed by atoms with Gasteiger partial charge in [-0.1, -0.05) is 64.6 Å². The zero-order valence-corrected chi connectivity index (χ0v) is 18.1. The molecule has 0 aliphatic carbocycles. The van der Waals surface area contributed by atoms with E-state index in [0.29, 0.717) is 0 Å². The van der Waals surface area contributed by atoms with Crippen LogP contribution in [0.4, 0.5) is 0 Å². The fourth-order valence-corrected chi connectivity index (χ4v) is 5.51. The van der Waals surface area contributed by atoms with Crippen LogP contribution in [0, 0.1) is 0 Å². The van der Waals surface area contributed by atoms with Gasteiger partial charge in [0.2, 0.25) is 0 Å². The summed E-state index contributed by atoms with van der Waals surface area (Å²) in [4.78, 5) is 0. The molecule has 29 heavy (non-hydrogen) atoms. The second kappa shape index (κ2) is 7.87. The van der Waals surface area contributed by atoms with Crippen LogP contribution in [0.2, 0.25) is 20.1 Å². The van der Waals surface area contributed by atoms with E-state index in [2.05, 4.69) is 0 Å². The molecular formula is C19H12Cl4O5S. The Hall–Kier alpha value is -1.67. The summed E-state index contributed by atoms with van der Waals surface area (Å²) in [5.74, 6) is -0.899. The van der Waals surface area contributed by atoms with Crippen molar-refractivity contribution in [3.8, 4) is 11.5 Å². The minimum atomic E-state index is -5.06. The molecule has 0 bridgehead atoms. The van der Waals surface area contributed by atoms with E-state index in [1.165, 1.54) is 42.5 Å². The van der Waals surface area contributed by atoms with Gasteiger partial charge >= 0.3 is 0 Å². The number of phenols is 2. The number of hydrogen-bond acceptors (Lipinski definition) is 4. The van der Waals surface area contributed by atoms with Gasteiger partial charge in [0, 0.05) is 15.6 Å². The Labute approximate surface area is 186 Å². The molecule has 3 N–H and O–H groups in total. The van der Waals surface area contributed by atoms with Crippen molar-refractivity contribution in [2.75, 3.05) is 0 Å². The van der Waals surface area contributed by atoms with Crippen LogP contribution in [0.3, 0.4) is 0 Å². The molecule has 0 saturated carbocycles. The van der Waals surface area contributed by atoms with E-state index in [4.69, 9.17) is 46.4 Å². The Morgan fingerprint density at radius 1 is 0.759 bits per heavy atom. The van der Waals surface area contributed by atoms with Gasteiger partial charge in [0.25, 0.3) is 10.1 Å². The number of rotatable bonds is 4. The highest BCUT2D eigenvalue weighted by Crippen LogP contribution is 2.50. The Morgan fingerprint density at radius 2 is 1.24 bits per heavy atom. The zero-order chi connectivity index (χ0) is 21.6. The van der Waals surface area contributed by atoms with Crippen molar-refractivity contribution < 1.29 is 23.2 Å². The molecule has 0 fully saturated rings. The maximum Gasteiger partial charge on any atom is 0.283 e. The van der Waals surface area contributed by atoms with Gasteiger partial charge in [-0.15, -0.1) is 0 Å². The van der Waals surface area contributed by atoms with Crippen molar-refractivity contribution in [3.63, 3.8) is 0 Å². The minimum absolute atomic E-state index is 0.0724. The Kier molecular flexibility index (Phi) is 5.98. The van der Waals surface area contributed by atoms with Crippen molar-refractivity contribution >= 4 is 56.5 Å². The first-order valence-electron chi connectivity index (χ1n) is 7.89. The van der Waals surface area contributed by atoms with Crippen molar-refractivity contribution in [2.45, 2.75) is 4.75 Å². The second-order valence-corrected chi connectivity index (χ2v) is 9.37. The summed E-state index contributed by atoms with van der Waals surface area (Å²) in [6.07, 6.45) is 0. The van der Waals surface area contributed by atoms with Gasteiger partial charge in [-0.05, 0) is 47.5 Å². The van der Waals surface area contributed by atoms with E-state index >= 15 is 0 Å². The van der Waals surface area contributed by atoms with E-state index in [1.54, 1.807) is 0 Å². The molecule has 3 rings (SSSR count). The van der Waals surface area contributed by atoms with Crippen molar-refractivity contribution in [1.82, 2.24) is 0 Å². The molecule has 0 aliphatic rings. The van der Waals surface area contributed by atoms with E-state index in [-0.39, 0.29) is 36.8 Å². The fraction of sp³-hybridized carbons (Fsp3) is 0.0526. The Bertz CT molecular complexity index is 1170. The molecule has 3 aromatic carbocycles. The Morgan fingerprint density at radius 3 is 1.72 bits per heavy atom. The molecule has 5 nitrogen and oxygen atoms in total. The largest absolute Gasteiger partial charge is 0.508 e. The molecule has 0 amide bonds. The average molecular weight is 494 g/mol. The molecule has 0 spiro atoms. The maximum atomic E-state index is 12.9. The molecule has 10 heteroatoms. The topological polar surface area (TPSA) is 94.8 Å². The van der Waals surface area contributed by atoms with Gasteiger partial charge in [-0.25, -0.2) is 0 Å². The molecule has 0 aliphatic heterocycles. The van der Waals surface area contributed by atoms with Crippen LogP contribution in [0.1, 0.15) is 16.7 Å². The first-order valence-corrected chi connectivity index (χ1v) is 10.8. The third-order valence-corrected chi connectivity index (χ3v) is 6.84. The number of hydrogen-bond donors (Lipinski definition) is 3. The fourth-order valence-electron chi connectivity index (χ4n) is 3.21. The first-order chi connectivity index (χ1) is 13.5. The molecule has 152 valence electrons. The molecule has 1 atom stereocenters. The number of para-hydroxylation sites is 1. The summed E-state index contributed by atoms with van der Waals surface area (Å²) in [7, 11) is -5.06. The van der Waals surface area contributed by atoms with Crippen LogP contribution in [0.15, 0.2) is 54.6 Å². The average Bonchev–Trinajstić information content (AvgIpc) is 2.59. The molecule has 0 radical (unpaired) electrons. The SMILES string of the molecule is O=S(=O)(O)C(c1cc(Cl)cc(Cl)c1)(c1cc(Cl)c(O)c(Cl)c1)c1ccccc1O. The van der Waals surface area contributed by atoms with Gasteiger partial charge in [-0.3, -0.25) is 4.55 Å². The van der Waals surface area contributed by atoms with Crippen molar-refractivity contribution in [2.24, 2.45) is 0 Å². The lowest BCUT2D eigenvalue weighted by atomic mass is 9.83. The number of benzene rings is 3. The minimum Gasteiger partial charge on any atom is -0.508 e. The molecular weight excluding hydrogens is 482 g/mol. The summed E-state index contributed by atoms with van der Waals surface area (Å²) in [6.45, 7) is 0. The van der Waals surface area contributed by atoms with E-state index in [0.717, 1.165) is 12.1 Å². The molecule has 0 heterocycles. The van der Waals surface area contributed by atoms with Crippen LogP contribution in [-0.4, -0.2) is 23.2 Å². The van der Waals surface area contributed by atoms with Gasteiger partial charge in [0.05, 0.1) is 10.0 Å². The predicted octanol–water partition coefficient (Wildman–Crippen LogP) is 5.89. The molecule has 0 aromatic heterocycles. The standard InChI is InChI=1S/C19H12Cl4O5S/c20-12-5-10(6-13(21)9-12)19(29(26,27)28,14-3-1-2-4-17(14)24)11-7-15(22)18(25)16(23)8-11/h1-9,24-25H,(H,26,27,28). The van der Waals surface area contributed by atoms with Crippen LogP contribution >= 0.6 is 46.4 Å². The van der Waals surface area contributed by atoms with E-state index in [9.17, 15) is 23.2 Å². The molecule has 3 aromatic rings. The lowest BCUT2D eigenvalue weighted by molar-refractivity contribution is 0.440. The molecule has 0 saturated heterocycles. The van der Waals surface area contributed by atoms with Crippen LogP contribution < -0.4 is 0 Å². The normalized spacial score (nSPS) is 13.8. The predicted molar refractivity (Wildman–Crippen MR) is 114 cm³/mol. The van der Waals surface area contributed by atoms with Gasteiger partial charge < -0.3 is 10.2 Å². The highest BCUT2D eigenvalue weighted by Gasteiger charge is 2.50. The summed E-state index contributed by atoms with van der Waals surface area (Å²) in [5, 5.41) is 20.1. The van der Waals surface area contributed by atoms with Crippen molar-refractivity contribution in [1.29, 1.82) is 0 Å². The number of phenolic OH excluding ortho intramolecular Hbond substituents is 2. The van der Waals surface area contributed by atoms with E-state index < -0.39 is 26.4 Å². The monoisotopic (exact) mass is 492 g/mol. The summed E-state index contributed by atoms with van der Waals surface area (Å²) >= 11 is 24.2. The number of aromatic hydroxyl groups is 2. The third kappa shape index (κ3) is 3.77. The van der Waals surface area contributed by atoms with Gasteiger partial charge in [-0.2, -0.15) is 8.42 Å². The lowest BCUT2D eigenvalue weighted by Gasteiger charge is -2.33. The lowest BCUT2D eigenvalue weighted by Crippen LogP contribution is -2.38. The summed E-state index contributed by atoms with van der Waals surface area (Å²) < 4.78 is 34.0. The highest BCUT2D eigenvalue weighted by atomic mass is 35.5. The zero-order valence-electron chi connectivity index (χ0n) is 14.3. The third-order valence-electron chi connectivity index (χ3n) is 4.36. The van der Waals surface area contributed by atoms with Crippen LogP contribution in [-0.2, 0) is 14.9 Å². The smallest absolute Gasteiger partial charge is 0.283 e. The first kappa shape index (κ1) is 22.0. The molecule has 1 unspecified atom stereocenters. The quantitative estimate of drug-likeness (QED) is 0.311.